The molecule has 0 saturated carbocycles. The second-order valence-electron chi connectivity index (χ2n) is 7.01. The van der Waals surface area contributed by atoms with Gasteiger partial charge in [-0.05, 0) is 63.3 Å². The maximum Gasteiger partial charge on any atom is 0.125 e. The fraction of sp³-hybridized carbons (Fsp3) is 0.609. The van der Waals surface area contributed by atoms with Gasteiger partial charge in [0, 0.05) is 16.6 Å². The van der Waals surface area contributed by atoms with E-state index in [9.17, 15) is 4.21 Å². The van der Waals surface area contributed by atoms with E-state index < -0.39 is 10.8 Å². The SMILES string of the molecule is C/C=C/COc1cc(C)c(OCCCCCCS(=O)C/C(CC)=N/OC)c(C)c1. The van der Waals surface area contributed by atoms with Gasteiger partial charge in [-0.3, -0.25) is 4.21 Å². The maximum absolute atomic E-state index is 12.1. The zero-order chi connectivity index (χ0) is 21.5. The smallest absolute Gasteiger partial charge is 0.125 e. The highest BCUT2D eigenvalue weighted by Gasteiger charge is 2.08. The summed E-state index contributed by atoms with van der Waals surface area (Å²) in [6, 6.07) is 4.05. The van der Waals surface area contributed by atoms with Gasteiger partial charge in [-0.2, -0.15) is 0 Å². The first-order valence-electron chi connectivity index (χ1n) is 10.4. The molecule has 1 unspecified atom stereocenters. The van der Waals surface area contributed by atoms with Crippen molar-refractivity contribution >= 4 is 16.5 Å². The Bertz CT molecular complexity index is 662. The number of hydrogen-bond acceptors (Lipinski definition) is 5. The number of nitrogens with zero attached hydrogens (tertiary/aromatic N) is 1. The topological polar surface area (TPSA) is 57.1 Å². The minimum Gasteiger partial charge on any atom is -0.493 e. The molecule has 0 fully saturated rings. The average Bonchev–Trinajstić information content (AvgIpc) is 2.68. The van der Waals surface area contributed by atoms with Crippen molar-refractivity contribution in [2.24, 2.45) is 5.16 Å². The lowest BCUT2D eigenvalue weighted by molar-refractivity contribution is 0.212. The van der Waals surface area contributed by atoms with E-state index >= 15 is 0 Å². The van der Waals surface area contributed by atoms with E-state index in [4.69, 9.17) is 14.3 Å². The van der Waals surface area contributed by atoms with Crippen LogP contribution in [-0.2, 0) is 15.6 Å². The van der Waals surface area contributed by atoms with Gasteiger partial charge >= 0.3 is 0 Å². The molecule has 1 aromatic carbocycles. The van der Waals surface area contributed by atoms with E-state index in [1.807, 2.05) is 38.1 Å². The van der Waals surface area contributed by atoms with Crippen LogP contribution in [-0.4, -0.2) is 41.7 Å². The highest BCUT2D eigenvalue weighted by atomic mass is 32.2. The third kappa shape index (κ3) is 10.5. The van der Waals surface area contributed by atoms with Gasteiger partial charge in [-0.15, -0.1) is 0 Å². The molecule has 0 saturated heterocycles. The zero-order valence-corrected chi connectivity index (χ0v) is 19.5. The van der Waals surface area contributed by atoms with Gasteiger partial charge in [-0.25, -0.2) is 0 Å². The fourth-order valence-corrected chi connectivity index (χ4v) is 4.23. The Morgan fingerprint density at radius 2 is 1.79 bits per heavy atom. The van der Waals surface area contributed by atoms with Crippen molar-refractivity contribution in [1.29, 1.82) is 0 Å². The minimum absolute atomic E-state index is 0.514. The third-order valence-corrected chi connectivity index (χ3v) is 5.88. The Morgan fingerprint density at radius 3 is 2.41 bits per heavy atom. The normalized spacial score (nSPS) is 12.9. The molecule has 0 bridgehead atoms. The van der Waals surface area contributed by atoms with Gasteiger partial charge in [-0.1, -0.05) is 37.1 Å². The largest absolute Gasteiger partial charge is 0.493 e. The summed E-state index contributed by atoms with van der Waals surface area (Å²) in [5.74, 6) is 3.06. The van der Waals surface area contributed by atoms with Gasteiger partial charge in [0.1, 0.15) is 25.2 Å². The van der Waals surface area contributed by atoms with Crippen molar-refractivity contribution in [1.82, 2.24) is 0 Å². The lowest BCUT2D eigenvalue weighted by Gasteiger charge is -2.14. The molecule has 0 radical (unpaired) electrons. The fourth-order valence-electron chi connectivity index (χ4n) is 2.94. The Labute approximate surface area is 179 Å². The van der Waals surface area contributed by atoms with Crippen molar-refractivity contribution in [2.75, 3.05) is 31.8 Å². The molecule has 6 heteroatoms. The highest BCUT2D eigenvalue weighted by Crippen LogP contribution is 2.28. The first-order valence-corrected chi connectivity index (χ1v) is 11.9. The second kappa shape index (κ2) is 15.1. The molecule has 1 atom stereocenters. The van der Waals surface area contributed by atoms with Crippen LogP contribution in [0.5, 0.6) is 11.5 Å². The molecule has 0 heterocycles. The number of hydrogen-bond donors (Lipinski definition) is 0. The third-order valence-electron chi connectivity index (χ3n) is 4.48. The standard InChI is InChI=1S/C23H37NO4S/c1-6-8-13-27-22-16-19(3)23(20(4)17-22)28-14-11-9-10-12-15-29(25)18-21(7-2)24-26-5/h6,8,16-17H,7,9-15,18H2,1-5H3/b8-6+,24-21+. The van der Waals surface area contributed by atoms with E-state index in [1.165, 1.54) is 7.11 Å². The molecule has 0 spiro atoms. The first kappa shape index (κ1) is 25.2. The maximum atomic E-state index is 12.1. The number of oxime groups is 1. The molecule has 5 nitrogen and oxygen atoms in total. The van der Waals surface area contributed by atoms with Gasteiger partial charge in [0.2, 0.25) is 0 Å². The van der Waals surface area contributed by atoms with Crippen molar-refractivity contribution in [2.45, 2.75) is 59.8 Å². The van der Waals surface area contributed by atoms with Gasteiger partial charge in [0.15, 0.2) is 0 Å². The van der Waals surface area contributed by atoms with E-state index in [-0.39, 0.29) is 0 Å². The molecular weight excluding hydrogens is 386 g/mol. The Kier molecular flexibility index (Phi) is 13.1. The predicted octanol–water partition coefficient (Wildman–Crippen LogP) is 5.36. The molecule has 0 aromatic heterocycles. The quantitative estimate of drug-likeness (QED) is 0.165. The van der Waals surface area contributed by atoms with Crippen LogP contribution in [0.15, 0.2) is 29.4 Å². The van der Waals surface area contributed by atoms with Crippen LogP contribution < -0.4 is 9.47 Å². The van der Waals surface area contributed by atoms with Crippen LogP contribution in [0.25, 0.3) is 0 Å². The van der Waals surface area contributed by atoms with Gasteiger partial charge in [0.25, 0.3) is 0 Å². The number of unbranched alkanes of at least 4 members (excludes halogenated alkanes) is 3. The number of aryl methyl sites for hydroxylation is 2. The van der Waals surface area contributed by atoms with Crippen LogP contribution in [0.2, 0.25) is 0 Å². The summed E-state index contributed by atoms with van der Waals surface area (Å²) in [5.41, 5.74) is 3.06. The van der Waals surface area contributed by atoms with Crippen LogP contribution in [0.1, 0.15) is 57.1 Å². The highest BCUT2D eigenvalue weighted by molar-refractivity contribution is 7.85. The summed E-state index contributed by atoms with van der Waals surface area (Å²) in [6.07, 6.45) is 8.84. The lowest BCUT2D eigenvalue weighted by atomic mass is 10.1. The molecule has 0 aliphatic rings. The summed E-state index contributed by atoms with van der Waals surface area (Å²) in [6.45, 7) is 9.37. The Balaban J connectivity index is 2.26. The van der Waals surface area contributed by atoms with Crippen LogP contribution >= 0.6 is 0 Å². The summed E-state index contributed by atoms with van der Waals surface area (Å²) < 4.78 is 23.8. The summed E-state index contributed by atoms with van der Waals surface area (Å²) >= 11 is 0. The zero-order valence-electron chi connectivity index (χ0n) is 18.7. The van der Waals surface area contributed by atoms with Crippen LogP contribution in [0.3, 0.4) is 0 Å². The molecule has 0 aliphatic carbocycles. The average molecular weight is 424 g/mol. The van der Waals surface area contributed by atoms with Crippen LogP contribution in [0, 0.1) is 13.8 Å². The molecule has 29 heavy (non-hydrogen) atoms. The molecule has 0 aliphatic heterocycles. The number of rotatable bonds is 15. The van der Waals surface area contributed by atoms with Crippen molar-refractivity contribution in [3.8, 4) is 11.5 Å². The van der Waals surface area contributed by atoms with Crippen molar-refractivity contribution < 1.29 is 18.5 Å². The second-order valence-corrected chi connectivity index (χ2v) is 8.59. The molecule has 164 valence electrons. The lowest BCUT2D eigenvalue weighted by Crippen LogP contribution is -2.12. The minimum atomic E-state index is -0.858. The molecular formula is C23H37NO4S. The van der Waals surface area contributed by atoms with Crippen molar-refractivity contribution in [3.63, 3.8) is 0 Å². The Hall–Kier alpha value is -1.82. The molecule has 1 aromatic rings. The summed E-state index contributed by atoms with van der Waals surface area (Å²) in [5, 5.41) is 3.91. The monoisotopic (exact) mass is 423 g/mol. The van der Waals surface area contributed by atoms with E-state index in [1.54, 1.807) is 0 Å². The van der Waals surface area contributed by atoms with E-state index in [0.29, 0.717) is 19.0 Å². The van der Waals surface area contributed by atoms with E-state index in [0.717, 1.165) is 66.2 Å². The van der Waals surface area contributed by atoms with Crippen LogP contribution in [0.4, 0.5) is 0 Å². The number of benzene rings is 1. The molecule has 1 rings (SSSR count). The predicted molar refractivity (Wildman–Crippen MR) is 123 cm³/mol. The Morgan fingerprint density at radius 1 is 1.10 bits per heavy atom. The molecule has 0 amide bonds. The summed E-state index contributed by atoms with van der Waals surface area (Å²) in [4.78, 5) is 4.78. The van der Waals surface area contributed by atoms with Crippen molar-refractivity contribution in [3.05, 3.63) is 35.4 Å². The number of allylic oxidation sites excluding steroid dienone is 1. The van der Waals surface area contributed by atoms with Gasteiger partial charge in [0.05, 0.1) is 18.1 Å². The van der Waals surface area contributed by atoms with Gasteiger partial charge < -0.3 is 14.3 Å². The number of ether oxygens (including phenoxy) is 2. The summed E-state index contributed by atoms with van der Waals surface area (Å²) in [7, 11) is 0.666. The molecule has 0 N–H and O–H groups in total. The van der Waals surface area contributed by atoms with E-state index in [2.05, 4.69) is 19.0 Å². The first-order chi connectivity index (χ1) is 14.0.